The zero-order valence-electron chi connectivity index (χ0n) is 9.14. The average molecular weight is 253 g/mol. The van der Waals surface area contributed by atoms with Crippen LogP contribution in [0.4, 0.5) is 13.2 Å². The van der Waals surface area contributed by atoms with Crippen LogP contribution in [0, 0.1) is 0 Å². The van der Waals surface area contributed by atoms with Crippen molar-refractivity contribution in [3.63, 3.8) is 0 Å². The molecule has 1 aliphatic rings. The molecule has 0 aliphatic carbocycles. The molecule has 0 aromatic carbocycles. The lowest BCUT2D eigenvalue weighted by molar-refractivity contribution is -0.177. The van der Waals surface area contributed by atoms with Gasteiger partial charge in [0.25, 0.3) is 0 Å². The Bertz CT molecular complexity index is 304. The third-order valence-corrected chi connectivity index (χ3v) is 11.0. The number of rotatable bonds is 0. The predicted molar refractivity (Wildman–Crippen MR) is 57.0 cm³/mol. The highest BCUT2D eigenvalue weighted by Crippen LogP contribution is 2.33. The van der Waals surface area contributed by atoms with E-state index in [1.807, 2.05) is 11.4 Å². The van der Waals surface area contributed by atoms with E-state index < -0.39 is 28.6 Å². The smallest absolute Gasteiger partial charge is 0.381 e. The van der Waals surface area contributed by atoms with E-state index in [-0.39, 0.29) is 0 Å². The van der Waals surface area contributed by atoms with E-state index in [1.165, 1.54) is 0 Å². The van der Waals surface area contributed by atoms with Gasteiger partial charge in [-0.05, 0) is 26.2 Å². The van der Waals surface area contributed by atoms with Gasteiger partial charge in [-0.1, -0.05) is 11.4 Å². The van der Waals surface area contributed by atoms with Crippen molar-refractivity contribution in [1.29, 1.82) is 0 Å². The van der Waals surface area contributed by atoms with Gasteiger partial charge in [-0.25, -0.2) is 0 Å². The highest BCUT2D eigenvalue weighted by atomic mass is 28.4. The normalized spacial score (nSPS) is 23.3. The Morgan fingerprint density at radius 1 is 1.07 bits per heavy atom. The first-order valence-corrected chi connectivity index (χ1v) is 10.7. The molecule has 0 spiro atoms. The summed E-state index contributed by atoms with van der Waals surface area (Å²) in [6, 6.07) is 0. The number of hydrogen-bond acceptors (Lipinski definition) is 1. The standard InChI is InChI=1S/C8H14F3NOSi2/c1-14(2)5-6-15(3,4)12(14)7(13)8(9,10)11/h5-6H,1-4H3. The Hall–Kier alpha value is -0.566. The monoisotopic (exact) mass is 253 g/mol. The Labute approximate surface area is 88.9 Å². The molecule has 1 rings (SSSR count). The van der Waals surface area contributed by atoms with Crippen LogP contribution in [-0.4, -0.2) is 32.8 Å². The van der Waals surface area contributed by atoms with Crippen molar-refractivity contribution in [3.05, 3.63) is 11.4 Å². The van der Waals surface area contributed by atoms with Crippen LogP contribution in [0.15, 0.2) is 11.4 Å². The van der Waals surface area contributed by atoms with Crippen LogP contribution in [0.3, 0.4) is 0 Å². The minimum Gasteiger partial charge on any atom is -0.381 e. The van der Waals surface area contributed by atoms with Gasteiger partial charge in [0.1, 0.15) is 0 Å². The maximum absolute atomic E-state index is 12.4. The zero-order valence-corrected chi connectivity index (χ0v) is 11.1. The van der Waals surface area contributed by atoms with Gasteiger partial charge in [0, 0.05) is 0 Å². The van der Waals surface area contributed by atoms with Crippen molar-refractivity contribution in [3.8, 4) is 0 Å². The molecule has 0 N–H and O–H groups in total. The summed E-state index contributed by atoms with van der Waals surface area (Å²) in [6.07, 6.45) is -4.75. The minimum absolute atomic E-state index is 1.14. The SMILES string of the molecule is C[Si]1(C)C=C[Si](C)(C)N1C(=O)C(F)(F)F. The van der Waals surface area contributed by atoms with E-state index in [0.29, 0.717) is 0 Å². The summed E-state index contributed by atoms with van der Waals surface area (Å²) in [6.45, 7) is 7.04. The van der Waals surface area contributed by atoms with Gasteiger partial charge in [0.2, 0.25) is 0 Å². The van der Waals surface area contributed by atoms with E-state index in [9.17, 15) is 18.0 Å². The lowest BCUT2D eigenvalue weighted by Crippen LogP contribution is -2.62. The van der Waals surface area contributed by atoms with Gasteiger partial charge in [-0.15, -0.1) is 0 Å². The van der Waals surface area contributed by atoms with Gasteiger partial charge >= 0.3 is 12.1 Å². The number of halogens is 3. The van der Waals surface area contributed by atoms with E-state index in [1.54, 1.807) is 26.2 Å². The highest BCUT2D eigenvalue weighted by Gasteiger charge is 2.54. The summed E-state index contributed by atoms with van der Waals surface area (Å²) >= 11 is 0. The lowest BCUT2D eigenvalue weighted by atomic mass is 10.6. The molecule has 7 heteroatoms. The molecule has 0 saturated heterocycles. The maximum Gasteiger partial charge on any atom is 0.469 e. The van der Waals surface area contributed by atoms with Gasteiger partial charge in [-0.2, -0.15) is 13.2 Å². The van der Waals surface area contributed by atoms with Gasteiger partial charge in [-0.3, -0.25) is 4.79 Å². The van der Waals surface area contributed by atoms with Crippen LogP contribution in [0.5, 0.6) is 0 Å². The second-order valence-electron chi connectivity index (χ2n) is 4.78. The molecule has 86 valence electrons. The van der Waals surface area contributed by atoms with E-state index in [2.05, 4.69) is 0 Å². The molecule has 1 amide bonds. The Morgan fingerprint density at radius 2 is 1.40 bits per heavy atom. The maximum atomic E-state index is 12.4. The van der Waals surface area contributed by atoms with Crippen LogP contribution >= 0.6 is 0 Å². The molecular formula is C8H14F3NOSi2. The van der Waals surface area contributed by atoms with Crippen molar-refractivity contribution >= 4 is 22.4 Å². The van der Waals surface area contributed by atoms with Crippen molar-refractivity contribution in [2.75, 3.05) is 0 Å². The van der Waals surface area contributed by atoms with Gasteiger partial charge in [0.05, 0.1) is 0 Å². The Kier molecular flexibility index (Phi) is 2.68. The fraction of sp³-hybridized carbons (Fsp3) is 0.625. The van der Waals surface area contributed by atoms with Crippen molar-refractivity contribution < 1.29 is 18.0 Å². The largest absolute Gasteiger partial charge is 0.469 e. The molecule has 0 aromatic heterocycles. The molecule has 0 radical (unpaired) electrons. The second-order valence-corrected chi connectivity index (χ2v) is 13.4. The number of carbonyl (C=O) groups is 1. The summed E-state index contributed by atoms with van der Waals surface area (Å²) in [4.78, 5) is 11.3. The van der Waals surface area contributed by atoms with Crippen molar-refractivity contribution in [1.82, 2.24) is 4.23 Å². The number of carbonyl (C=O) groups excluding carboxylic acids is 1. The summed E-state index contributed by atoms with van der Waals surface area (Å²) in [5.41, 5.74) is 3.64. The van der Waals surface area contributed by atoms with Crippen molar-refractivity contribution in [2.24, 2.45) is 0 Å². The molecule has 1 heterocycles. The third kappa shape index (κ3) is 2.17. The number of hydrogen-bond donors (Lipinski definition) is 0. The minimum atomic E-state index is -4.75. The molecule has 0 aromatic rings. The lowest BCUT2D eigenvalue weighted by Gasteiger charge is -2.39. The first-order chi connectivity index (χ1) is 6.48. The predicted octanol–water partition coefficient (Wildman–Crippen LogP) is 2.44. The molecule has 0 saturated carbocycles. The third-order valence-electron chi connectivity index (χ3n) is 2.50. The quantitative estimate of drug-likeness (QED) is 0.607. The average Bonchev–Trinajstić information content (AvgIpc) is 2.18. The number of nitrogens with zero attached hydrogens (tertiary/aromatic N) is 1. The Morgan fingerprint density at radius 3 is 1.67 bits per heavy atom. The molecule has 0 bridgehead atoms. The van der Waals surface area contributed by atoms with Crippen LogP contribution < -0.4 is 0 Å². The molecule has 2 nitrogen and oxygen atoms in total. The summed E-state index contributed by atoms with van der Waals surface area (Å²) in [5, 5.41) is 0. The van der Waals surface area contributed by atoms with Crippen molar-refractivity contribution in [2.45, 2.75) is 32.4 Å². The van der Waals surface area contributed by atoms with E-state index in [4.69, 9.17) is 0 Å². The Balaban J connectivity index is 3.09. The summed E-state index contributed by atoms with van der Waals surface area (Å²) in [7, 11) is -4.67. The van der Waals surface area contributed by atoms with Crippen LogP contribution in [-0.2, 0) is 4.79 Å². The molecule has 15 heavy (non-hydrogen) atoms. The summed E-state index contributed by atoms with van der Waals surface area (Å²) < 4.78 is 38.4. The number of alkyl halides is 3. The van der Waals surface area contributed by atoms with E-state index in [0.717, 1.165) is 4.23 Å². The topological polar surface area (TPSA) is 20.3 Å². The second kappa shape index (κ2) is 3.21. The zero-order chi connectivity index (χ0) is 12.1. The van der Waals surface area contributed by atoms with E-state index >= 15 is 0 Å². The fourth-order valence-electron chi connectivity index (χ4n) is 1.95. The van der Waals surface area contributed by atoms with Crippen LogP contribution in [0.1, 0.15) is 0 Å². The fourth-order valence-corrected chi connectivity index (χ4v) is 13.2. The summed E-state index contributed by atoms with van der Waals surface area (Å²) in [5.74, 6) is -1.67. The van der Waals surface area contributed by atoms with Crippen LogP contribution in [0.2, 0.25) is 26.2 Å². The first kappa shape index (κ1) is 12.5. The molecular weight excluding hydrogens is 239 g/mol. The first-order valence-electron chi connectivity index (χ1n) is 4.60. The van der Waals surface area contributed by atoms with Crippen LogP contribution in [0.25, 0.3) is 0 Å². The highest BCUT2D eigenvalue weighted by molar-refractivity contribution is 7.02. The molecule has 0 atom stereocenters. The number of amides is 1. The molecule has 0 fully saturated rings. The molecule has 0 unspecified atom stereocenters. The molecule has 1 aliphatic heterocycles. The van der Waals surface area contributed by atoms with Gasteiger partial charge in [0.15, 0.2) is 16.5 Å². The van der Waals surface area contributed by atoms with Gasteiger partial charge < -0.3 is 4.23 Å².